The molecule has 0 spiro atoms. The summed E-state index contributed by atoms with van der Waals surface area (Å²) < 4.78 is 3.96. The number of aromatic nitrogens is 12. The monoisotopic (exact) mass is 694 g/mol. The summed E-state index contributed by atoms with van der Waals surface area (Å²) in [5.41, 5.74) is 6.03. The maximum atomic E-state index is 4.80. The van der Waals surface area contributed by atoms with Crippen LogP contribution in [0.1, 0.15) is 22.3 Å². The maximum Gasteiger partial charge on any atom is 0.209 e. The van der Waals surface area contributed by atoms with Gasteiger partial charge in [0.25, 0.3) is 0 Å². The normalized spacial score (nSPS) is 11.3. The first-order chi connectivity index (χ1) is 24.7. The van der Waals surface area contributed by atoms with Crippen LogP contribution in [0.5, 0.6) is 0 Å². The van der Waals surface area contributed by atoms with Gasteiger partial charge >= 0.3 is 0 Å². The number of nitrogens with zero attached hydrogens (tertiary/aromatic N) is 12. The second kappa shape index (κ2) is 14.7. The lowest BCUT2D eigenvalue weighted by Crippen LogP contribution is -2.05. The van der Waals surface area contributed by atoms with Crippen LogP contribution in [-0.2, 0) is 26.2 Å². The number of rotatable bonds is 13. The lowest BCUT2D eigenvalue weighted by atomic mass is 10.2. The number of hydrogen-bond acceptors (Lipinski definition) is 10. The van der Waals surface area contributed by atoms with E-state index in [1.165, 1.54) is 0 Å². The van der Waals surface area contributed by atoms with Crippen LogP contribution >= 0.6 is 21.6 Å². The fourth-order valence-electron chi connectivity index (χ4n) is 5.38. The highest BCUT2D eigenvalue weighted by Crippen LogP contribution is 2.44. The van der Waals surface area contributed by atoms with Crippen LogP contribution in [0, 0.1) is 0 Å². The van der Waals surface area contributed by atoms with Gasteiger partial charge in [-0.05, 0) is 54.3 Å². The molecule has 8 rings (SSSR count). The summed E-state index contributed by atoms with van der Waals surface area (Å²) in [6, 6.07) is 40.7. The molecular formula is C36H30N12S2. The summed E-state index contributed by atoms with van der Waals surface area (Å²) in [5, 5.41) is 38.5. The van der Waals surface area contributed by atoms with Crippen molar-refractivity contribution in [2.24, 2.45) is 0 Å². The predicted molar refractivity (Wildman–Crippen MR) is 192 cm³/mol. The quantitative estimate of drug-likeness (QED) is 0.126. The van der Waals surface area contributed by atoms with Crippen molar-refractivity contribution < 1.29 is 0 Å². The minimum atomic E-state index is 0.506. The zero-order chi connectivity index (χ0) is 33.5. The first-order valence-electron chi connectivity index (χ1n) is 15.9. The third kappa shape index (κ3) is 7.26. The minimum absolute atomic E-state index is 0.506. The fourth-order valence-corrected chi connectivity index (χ4v) is 7.93. The lowest BCUT2D eigenvalue weighted by Gasteiger charge is -2.11. The van der Waals surface area contributed by atoms with Gasteiger partial charge in [-0.25, -0.2) is 0 Å². The molecule has 4 aromatic carbocycles. The molecule has 0 amide bonds. The van der Waals surface area contributed by atoms with E-state index in [9.17, 15) is 0 Å². The zero-order valence-electron chi connectivity index (χ0n) is 26.7. The maximum absolute atomic E-state index is 4.80. The Balaban J connectivity index is 1.13. The highest BCUT2D eigenvalue weighted by atomic mass is 33.1. The SMILES string of the molecule is c1ccc(Cn2nnc(-c3cnn(Cc4ccccc4)c3SSc3c(-c4nnn(Cc5ccccc5)n4)cnn3Cc3ccccc3)n2)cc1. The molecule has 8 aromatic rings. The van der Waals surface area contributed by atoms with E-state index in [1.54, 1.807) is 31.2 Å². The number of tetrazole rings is 2. The Morgan fingerprint density at radius 2 is 0.760 bits per heavy atom. The fraction of sp³-hybridized carbons (Fsp3) is 0.111. The van der Waals surface area contributed by atoms with Gasteiger partial charge in [-0.2, -0.15) is 19.8 Å². The molecule has 0 N–H and O–H groups in total. The molecule has 0 saturated carbocycles. The van der Waals surface area contributed by atoms with Gasteiger partial charge < -0.3 is 0 Å². The molecule has 0 atom stereocenters. The number of hydrogen-bond donors (Lipinski definition) is 0. The average Bonchev–Trinajstić information content (AvgIpc) is 3.97. The topological polar surface area (TPSA) is 123 Å². The summed E-state index contributed by atoms with van der Waals surface area (Å²) in [5.74, 6) is 1.01. The van der Waals surface area contributed by atoms with Crippen molar-refractivity contribution in [2.75, 3.05) is 0 Å². The van der Waals surface area contributed by atoms with Gasteiger partial charge in [-0.1, -0.05) is 121 Å². The Morgan fingerprint density at radius 1 is 0.420 bits per heavy atom. The van der Waals surface area contributed by atoms with Gasteiger partial charge in [0.1, 0.15) is 10.1 Å². The molecule has 0 radical (unpaired) electrons. The second-order valence-corrected chi connectivity index (χ2v) is 13.5. The summed E-state index contributed by atoms with van der Waals surface area (Å²) in [6.45, 7) is 2.19. The van der Waals surface area contributed by atoms with E-state index in [1.807, 2.05) is 119 Å². The van der Waals surface area contributed by atoms with E-state index in [-0.39, 0.29) is 0 Å². The molecule has 0 aliphatic heterocycles. The van der Waals surface area contributed by atoms with Crippen molar-refractivity contribution in [3.05, 3.63) is 156 Å². The molecule has 0 fully saturated rings. The smallest absolute Gasteiger partial charge is 0.209 e. The molecule has 14 heteroatoms. The Hall–Kier alpha value is -5.86. The van der Waals surface area contributed by atoms with Crippen molar-refractivity contribution in [2.45, 2.75) is 36.2 Å². The van der Waals surface area contributed by atoms with Gasteiger partial charge in [-0.3, -0.25) is 9.36 Å². The molecule has 12 nitrogen and oxygen atoms in total. The highest BCUT2D eigenvalue weighted by molar-refractivity contribution is 8.76. The molecule has 4 heterocycles. The van der Waals surface area contributed by atoms with Crippen LogP contribution in [-0.4, -0.2) is 60.0 Å². The van der Waals surface area contributed by atoms with Crippen LogP contribution < -0.4 is 0 Å². The minimum Gasteiger partial charge on any atom is -0.253 e. The van der Waals surface area contributed by atoms with Crippen LogP contribution in [0.4, 0.5) is 0 Å². The van der Waals surface area contributed by atoms with E-state index in [0.29, 0.717) is 37.8 Å². The van der Waals surface area contributed by atoms with E-state index in [0.717, 1.165) is 43.4 Å². The van der Waals surface area contributed by atoms with Crippen molar-refractivity contribution in [3.8, 4) is 22.8 Å². The lowest BCUT2D eigenvalue weighted by molar-refractivity contribution is 0.572. The van der Waals surface area contributed by atoms with Gasteiger partial charge in [0.15, 0.2) is 0 Å². The molecule has 50 heavy (non-hydrogen) atoms. The predicted octanol–water partition coefficient (Wildman–Crippen LogP) is 6.38. The molecule has 0 saturated heterocycles. The summed E-state index contributed by atoms with van der Waals surface area (Å²) in [7, 11) is 3.13. The second-order valence-electron chi connectivity index (χ2n) is 11.4. The Bertz CT molecular complexity index is 2120. The van der Waals surface area contributed by atoms with E-state index < -0.39 is 0 Å². The third-order valence-electron chi connectivity index (χ3n) is 7.85. The van der Waals surface area contributed by atoms with Crippen molar-refractivity contribution in [3.63, 3.8) is 0 Å². The summed E-state index contributed by atoms with van der Waals surface area (Å²) in [4.78, 5) is 3.22. The largest absolute Gasteiger partial charge is 0.253 e. The van der Waals surface area contributed by atoms with Crippen molar-refractivity contribution in [1.29, 1.82) is 0 Å². The average molecular weight is 695 g/mol. The standard InChI is InChI=1S/C36H30N12S2/c1-5-13-27(14-6-1)23-45-35(31(21-37-45)33-39-43-47(41-33)25-29-17-9-3-10-18-29)49-50-36-32(22-38-46(36)24-28-15-7-2-8-16-28)34-40-44-48(42-34)26-30-19-11-4-12-20-30/h1-22H,23-26H2. The van der Waals surface area contributed by atoms with Gasteiger partial charge in [0.2, 0.25) is 11.6 Å². The van der Waals surface area contributed by atoms with Crippen LogP contribution in [0.3, 0.4) is 0 Å². The van der Waals surface area contributed by atoms with Gasteiger partial charge in [0.05, 0.1) is 49.7 Å². The third-order valence-corrected chi connectivity index (χ3v) is 10.3. The molecular weight excluding hydrogens is 665 g/mol. The van der Waals surface area contributed by atoms with Gasteiger partial charge in [0, 0.05) is 0 Å². The summed E-state index contributed by atoms with van der Waals surface area (Å²) in [6.07, 6.45) is 3.63. The van der Waals surface area contributed by atoms with E-state index >= 15 is 0 Å². The van der Waals surface area contributed by atoms with Crippen LogP contribution in [0.25, 0.3) is 22.8 Å². The molecule has 246 valence electrons. The number of benzene rings is 4. The molecule has 4 aromatic heterocycles. The first-order valence-corrected chi connectivity index (χ1v) is 18.1. The Morgan fingerprint density at radius 3 is 1.12 bits per heavy atom. The van der Waals surface area contributed by atoms with Crippen molar-refractivity contribution >= 4 is 21.6 Å². The Kier molecular flexibility index (Phi) is 9.25. The van der Waals surface area contributed by atoms with Crippen molar-refractivity contribution in [1.82, 2.24) is 60.0 Å². The zero-order valence-corrected chi connectivity index (χ0v) is 28.3. The molecule has 0 aliphatic carbocycles. The van der Waals surface area contributed by atoms with E-state index in [4.69, 9.17) is 20.4 Å². The summed E-state index contributed by atoms with van der Waals surface area (Å²) >= 11 is 0. The van der Waals surface area contributed by atoms with Crippen LogP contribution in [0.15, 0.2) is 144 Å². The Labute approximate surface area is 295 Å². The molecule has 0 bridgehead atoms. The van der Waals surface area contributed by atoms with Gasteiger partial charge in [-0.15, -0.1) is 20.4 Å². The molecule has 0 unspecified atom stereocenters. The molecule has 0 aliphatic rings. The van der Waals surface area contributed by atoms with Crippen LogP contribution in [0.2, 0.25) is 0 Å². The first kappa shape index (κ1) is 31.4. The van der Waals surface area contributed by atoms with E-state index in [2.05, 4.69) is 44.9 Å². The highest BCUT2D eigenvalue weighted by Gasteiger charge is 2.23.